The van der Waals surface area contributed by atoms with Gasteiger partial charge < -0.3 is 5.73 Å². The zero-order chi connectivity index (χ0) is 10.8. The normalized spacial score (nSPS) is 12.7. The molecule has 0 fully saturated rings. The molecule has 1 heterocycles. The molecule has 0 amide bonds. The summed E-state index contributed by atoms with van der Waals surface area (Å²) in [5, 5.41) is 6.70. The van der Waals surface area contributed by atoms with Crippen LogP contribution in [0.2, 0.25) is 0 Å². The summed E-state index contributed by atoms with van der Waals surface area (Å²) in [4.78, 5) is 0. The molecule has 0 aliphatic rings. The Bertz CT molecular complexity index is 446. The first-order valence-corrected chi connectivity index (χ1v) is 5.00. The Kier molecular flexibility index (Phi) is 2.56. The first-order chi connectivity index (χ1) is 7.18. The Morgan fingerprint density at radius 2 is 2.13 bits per heavy atom. The number of hydrogen-bond acceptors (Lipinski definition) is 2. The van der Waals surface area contributed by atoms with Crippen LogP contribution in [0.5, 0.6) is 0 Å². The van der Waals surface area contributed by atoms with Crippen molar-refractivity contribution in [2.75, 3.05) is 0 Å². The lowest BCUT2D eigenvalue weighted by Crippen LogP contribution is -2.12. The van der Waals surface area contributed by atoms with Crippen LogP contribution in [0.3, 0.4) is 0 Å². The van der Waals surface area contributed by atoms with Crippen LogP contribution >= 0.6 is 0 Å². The van der Waals surface area contributed by atoms with Gasteiger partial charge in [0.2, 0.25) is 0 Å². The molecule has 0 aliphatic heterocycles. The first-order valence-electron chi connectivity index (χ1n) is 5.00. The van der Waals surface area contributed by atoms with Crippen molar-refractivity contribution in [2.24, 2.45) is 5.73 Å². The van der Waals surface area contributed by atoms with Crippen LogP contribution in [0.4, 0.5) is 0 Å². The van der Waals surface area contributed by atoms with Gasteiger partial charge in [-0.15, -0.1) is 0 Å². The van der Waals surface area contributed by atoms with Gasteiger partial charge in [0.25, 0.3) is 0 Å². The molecular formula is C12H15N3. The van der Waals surface area contributed by atoms with E-state index < -0.39 is 0 Å². The molecule has 3 nitrogen and oxygen atoms in total. The highest BCUT2D eigenvalue weighted by Crippen LogP contribution is 2.22. The summed E-state index contributed by atoms with van der Waals surface area (Å²) in [6, 6.07) is 6.24. The number of aryl methyl sites for hydroxylation is 2. The molecule has 78 valence electrons. The zero-order valence-corrected chi connectivity index (χ0v) is 8.99. The van der Waals surface area contributed by atoms with E-state index in [0.717, 1.165) is 11.1 Å². The molecule has 0 saturated carbocycles. The molecule has 2 aromatic rings. The topological polar surface area (TPSA) is 54.7 Å². The van der Waals surface area contributed by atoms with Crippen molar-refractivity contribution in [3.8, 4) is 0 Å². The molecule has 0 aliphatic carbocycles. The molecule has 1 aromatic heterocycles. The molecule has 0 spiro atoms. The third-order valence-electron chi connectivity index (χ3n) is 2.65. The van der Waals surface area contributed by atoms with Crippen molar-refractivity contribution in [1.82, 2.24) is 10.2 Å². The van der Waals surface area contributed by atoms with Crippen LogP contribution in [-0.2, 0) is 0 Å². The summed E-state index contributed by atoms with van der Waals surface area (Å²) in [5.74, 6) is 0. The van der Waals surface area contributed by atoms with Crippen LogP contribution in [-0.4, -0.2) is 10.2 Å². The van der Waals surface area contributed by atoms with Gasteiger partial charge >= 0.3 is 0 Å². The fourth-order valence-corrected chi connectivity index (χ4v) is 1.71. The van der Waals surface area contributed by atoms with Crippen LogP contribution < -0.4 is 5.73 Å². The van der Waals surface area contributed by atoms with Gasteiger partial charge in [0.1, 0.15) is 0 Å². The van der Waals surface area contributed by atoms with Crippen LogP contribution in [0.1, 0.15) is 28.3 Å². The minimum absolute atomic E-state index is 0.0938. The van der Waals surface area contributed by atoms with Crippen LogP contribution in [0.25, 0.3) is 0 Å². The molecule has 3 heteroatoms. The van der Waals surface area contributed by atoms with E-state index in [1.54, 1.807) is 6.20 Å². The molecule has 1 unspecified atom stereocenters. The van der Waals surface area contributed by atoms with Gasteiger partial charge in [-0.2, -0.15) is 5.10 Å². The molecule has 3 N–H and O–H groups in total. The Balaban J connectivity index is 2.41. The van der Waals surface area contributed by atoms with Gasteiger partial charge in [-0.1, -0.05) is 23.8 Å². The molecular weight excluding hydrogens is 186 g/mol. The van der Waals surface area contributed by atoms with Crippen molar-refractivity contribution in [1.29, 1.82) is 0 Å². The second-order valence-corrected chi connectivity index (χ2v) is 3.87. The summed E-state index contributed by atoms with van der Waals surface area (Å²) in [6.45, 7) is 4.15. The van der Waals surface area contributed by atoms with E-state index >= 15 is 0 Å². The fourth-order valence-electron chi connectivity index (χ4n) is 1.71. The Morgan fingerprint density at radius 1 is 1.33 bits per heavy atom. The maximum Gasteiger partial charge on any atom is 0.0585 e. The van der Waals surface area contributed by atoms with Crippen LogP contribution in [0, 0.1) is 13.8 Å². The van der Waals surface area contributed by atoms with Gasteiger partial charge in [-0.25, -0.2) is 0 Å². The molecule has 15 heavy (non-hydrogen) atoms. The third-order valence-corrected chi connectivity index (χ3v) is 2.65. The highest BCUT2D eigenvalue weighted by molar-refractivity contribution is 5.37. The summed E-state index contributed by atoms with van der Waals surface area (Å²) in [5.41, 5.74) is 10.8. The van der Waals surface area contributed by atoms with E-state index in [0.29, 0.717) is 0 Å². The SMILES string of the molecule is Cc1ccc(C)c(C(N)c2cn[nH]c2)c1. The standard InChI is InChI=1S/C12H15N3/c1-8-3-4-9(2)11(5-8)12(13)10-6-14-15-7-10/h3-7,12H,13H2,1-2H3,(H,14,15). The Morgan fingerprint density at radius 3 is 2.80 bits per heavy atom. The van der Waals surface area contributed by atoms with Crippen LogP contribution in [0.15, 0.2) is 30.6 Å². The van der Waals surface area contributed by atoms with Gasteiger partial charge in [0, 0.05) is 11.8 Å². The van der Waals surface area contributed by atoms with E-state index in [1.165, 1.54) is 11.1 Å². The maximum absolute atomic E-state index is 6.17. The Hall–Kier alpha value is -1.61. The molecule has 0 saturated heterocycles. The number of H-pyrrole nitrogens is 1. The lowest BCUT2D eigenvalue weighted by molar-refractivity contribution is 0.861. The number of nitrogens with two attached hydrogens (primary N) is 1. The highest BCUT2D eigenvalue weighted by Gasteiger charge is 2.12. The molecule has 0 radical (unpaired) electrons. The number of nitrogens with zero attached hydrogens (tertiary/aromatic N) is 1. The summed E-state index contributed by atoms with van der Waals surface area (Å²) in [7, 11) is 0. The van der Waals surface area contributed by atoms with E-state index in [1.807, 2.05) is 6.20 Å². The second kappa shape index (κ2) is 3.87. The van der Waals surface area contributed by atoms with E-state index in [4.69, 9.17) is 5.73 Å². The minimum atomic E-state index is -0.0938. The average Bonchev–Trinajstić information content (AvgIpc) is 2.74. The minimum Gasteiger partial charge on any atom is -0.320 e. The number of rotatable bonds is 2. The lowest BCUT2D eigenvalue weighted by atomic mass is 9.96. The molecule has 0 bridgehead atoms. The number of aromatic amines is 1. The summed E-state index contributed by atoms with van der Waals surface area (Å²) >= 11 is 0. The van der Waals surface area contributed by atoms with Gasteiger partial charge in [-0.3, -0.25) is 5.10 Å². The van der Waals surface area contributed by atoms with Crippen molar-refractivity contribution in [3.05, 3.63) is 52.8 Å². The molecule has 2 rings (SSSR count). The summed E-state index contributed by atoms with van der Waals surface area (Å²) < 4.78 is 0. The van der Waals surface area contributed by atoms with Gasteiger partial charge in [-0.05, 0) is 25.0 Å². The zero-order valence-electron chi connectivity index (χ0n) is 8.99. The first kappa shape index (κ1) is 9.93. The highest BCUT2D eigenvalue weighted by atomic mass is 15.1. The van der Waals surface area contributed by atoms with E-state index in [2.05, 4.69) is 42.2 Å². The smallest absolute Gasteiger partial charge is 0.0585 e. The average molecular weight is 201 g/mol. The molecule has 1 aromatic carbocycles. The van der Waals surface area contributed by atoms with Gasteiger partial charge in [0.05, 0.1) is 12.2 Å². The fraction of sp³-hybridized carbons (Fsp3) is 0.250. The Labute approximate surface area is 89.3 Å². The molecule has 1 atom stereocenters. The van der Waals surface area contributed by atoms with E-state index in [-0.39, 0.29) is 6.04 Å². The van der Waals surface area contributed by atoms with Crippen molar-refractivity contribution >= 4 is 0 Å². The predicted molar refractivity (Wildman–Crippen MR) is 60.5 cm³/mol. The quantitative estimate of drug-likeness (QED) is 0.781. The van der Waals surface area contributed by atoms with Gasteiger partial charge in [0.15, 0.2) is 0 Å². The third kappa shape index (κ3) is 1.92. The largest absolute Gasteiger partial charge is 0.320 e. The second-order valence-electron chi connectivity index (χ2n) is 3.87. The summed E-state index contributed by atoms with van der Waals surface area (Å²) in [6.07, 6.45) is 3.61. The monoisotopic (exact) mass is 201 g/mol. The maximum atomic E-state index is 6.17. The number of hydrogen-bond donors (Lipinski definition) is 2. The number of benzene rings is 1. The van der Waals surface area contributed by atoms with Crippen molar-refractivity contribution < 1.29 is 0 Å². The number of aromatic nitrogens is 2. The van der Waals surface area contributed by atoms with Crippen molar-refractivity contribution in [2.45, 2.75) is 19.9 Å². The predicted octanol–water partition coefficient (Wildman–Crippen LogP) is 2.07. The van der Waals surface area contributed by atoms with E-state index in [9.17, 15) is 0 Å². The number of nitrogens with one attached hydrogen (secondary N) is 1. The lowest BCUT2D eigenvalue weighted by Gasteiger charge is -2.13. The van der Waals surface area contributed by atoms with Crippen molar-refractivity contribution in [3.63, 3.8) is 0 Å².